The zero-order chi connectivity index (χ0) is 8.89. The van der Waals surface area contributed by atoms with E-state index in [1.54, 1.807) is 6.26 Å². The van der Waals surface area contributed by atoms with Crippen molar-refractivity contribution in [3.05, 3.63) is 30.0 Å². The molecular weight excluding hydrogens is 164 g/mol. The molecule has 1 aliphatic rings. The first kappa shape index (κ1) is 7.09. The maximum absolute atomic E-state index is 6.12. The van der Waals surface area contributed by atoms with E-state index in [4.69, 9.17) is 10.3 Å². The number of nitrogens with zero attached hydrogens (tertiary/aromatic N) is 1. The van der Waals surface area contributed by atoms with E-state index >= 15 is 0 Å². The highest BCUT2D eigenvalue weighted by atomic mass is 16.5. The van der Waals surface area contributed by atoms with Crippen LogP contribution in [0.4, 0.5) is 0 Å². The monoisotopic (exact) mass is 174 g/mol. The summed E-state index contributed by atoms with van der Waals surface area (Å²) in [6, 6.07) is 5.98. The van der Waals surface area contributed by atoms with Gasteiger partial charge in [0.15, 0.2) is 0 Å². The fourth-order valence-electron chi connectivity index (χ4n) is 1.73. The van der Waals surface area contributed by atoms with Crippen LogP contribution in [0.15, 0.2) is 29.0 Å². The molecule has 0 amide bonds. The van der Waals surface area contributed by atoms with Gasteiger partial charge in [-0.25, -0.2) is 0 Å². The van der Waals surface area contributed by atoms with E-state index in [1.807, 2.05) is 12.1 Å². The first-order valence-corrected chi connectivity index (χ1v) is 4.42. The molecule has 1 saturated carbocycles. The maximum Gasteiger partial charge on any atom is 0.132 e. The lowest BCUT2D eigenvalue weighted by Gasteiger charge is -2.08. The van der Waals surface area contributed by atoms with Crippen LogP contribution in [0.5, 0.6) is 0 Å². The minimum absolute atomic E-state index is 0.106. The molecule has 1 fully saturated rings. The minimum Gasteiger partial charge on any atom is -0.363 e. The van der Waals surface area contributed by atoms with Crippen LogP contribution in [0, 0.1) is 0 Å². The second-order valence-corrected chi connectivity index (χ2v) is 3.71. The molecule has 3 heteroatoms. The van der Waals surface area contributed by atoms with Gasteiger partial charge < -0.3 is 10.3 Å². The third kappa shape index (κ3) is 0.906. The summed E-state index contributed by atoms with van der Waals surface area (Å²) < 4.78 is 4.92. The fourth-order valence-corrected chi connectivity index (χ4v) is 1.73. The Hall–Kier alpha value is -1.35. The Bertz CT molecular complexity index is 457. The molecule has 3 nitrogen and oxygen atoms in total. The predicted octanol–water partition coefficient (Wildman–Crippen LogP) is 1.78. The third-order valence-corrected chi connectivity index (χ3v) is 2.73. The van der Waals surface area contributed by atoms with Gasteiger partial charge in [0, 0.05) is 10.9 Å². The Morgan fingerprint density at radius 1 is 1.38 bits per heavy atom. The zero-order valence-electron chi connectivity index (χ0n) is 7.16. The molecule has 0 saturated heterocycles. The van der Waals surface area contributed by atoms with Crippen molar-refractivity contribution in [2.24, 2.45) is 5.73 Å². The molecule has 1 heterocycles. The molecular formula is C10H10N2O. The second kappa shape index (κ2) is 2.12. The lowest BCUT2D eigenvalue weighted by molar-refractivity contribution is 0.428. The predicted molar refractivity (Wildman–Crippen MR) is 49.1 cm³/mol. The summed E-state index contributed by atoms with van der Waals surface area (Å²) in [6.45, 7) is 0. The van der Waals surface area contributed by atoms with E-state index in [0.29, 0.717) is 0 Å². The van der Waals surface area contributed by atoms with Crippen molar-refractivity contribution in [2.45, 2.75) is 18.4 Å². The second-order valence-electron chi connectivity index (χ2n) is 3.71. The lowest BCUT2D eigenvalue weighted by atomic mass is 10.0. The summed E-state index contributed by atoms with van der Waals surface area (Å²) in [5.41, 5.74) is 8.09. The van der Waals surface area contributed by atoms with Crippen LogP contribution < -0.4 is 5.73 Å². The molecule has 66 valence electrons. The first-order chi connectivity index (χ1) is 6.30. The Morgan fingerprint density at radius 2 is 2.23 bits per heavy atom. The van der Waals surface area contributed by atoms with Crippen molar-refractivity contribution < 1.29 is 4.52 Å². The van der Waals surface area contributed by atoms with Crippen LogP contribution in [0.1, 0.15) is 18.4 Å². The SMILES string of the molecule is NC1(c2cccc3nocc23)CC1. The summed E-state index contributed by atoms with van der Waals surface area (Å²) in [5.74, 6) is 0. The van der Waals surface area contributed by atoms with E-state index in [-0.39, 0.29) is 5.54 Å². The van der Waals surface area contributed by atoms with Gasteiger partial charge in [0.2, 0.25) is 0 Å². The van der Waals surface area contributed by atoms with Gasteiger partial charge in [-0.3, -0.25) is 0 Å². The van der Waals surface area contributed by atoms with Gasteiger partial charge >= 0.3 is 0 Å². The normalized spacial score (nSPS) is 19.2. The number of hydrogen-bond donors (Lipinski definition) is 1. The number of fused-ring (bicyclic) bond motifs is 1. The fraction of sp³-hybridized carbons (Fsp3) is 0.300. The van der Waals surface area contributed by atoms with E-state index in [9.17, 15) is 0 Å². The third-order valence-electron chi connectivity index (χ3n) is 2.73. The molecule has 2 aromatic rings. The quantitative estimate of drug-likeness (QED) is 0.716. The van der Waals surface area contributed by atoms with Crippen molar-refractivity contribution >= 4 is 10.9 Å². The molecule has 0 spiro atoms. The molecule has 1 aromatic carbocycles. The van der Waals surface area contributed by atoms with Gasteiger partial charge in [0.1, 0.15) is 11.8 Å². The van der Waals surface area contributed by atoms with Crippen molar-refractivity contribution in [3.8, 4) is 0 Å². The minimum atomic E-state index is -0.106. The Kier molecular flexibility index (Phi) is 1.15. The van der Waals surface area contributed by atoms with Gasteiger partial charge in [-0.1, -0.05) is 17.3 Å². The van der Waals surface area contributed by atoms with Crippen molar-refractivity contribution in [1.29, 1.82) is 0 Å². The van der Waals surface area contributed by atoms with E-state index < -0.39 is 0 Å². The Labute approximate surface area is 75.5 Å². The van der Waals surface area contributed by atoms with Crippen molar-refractivity contribution in [3.63, 3.8) is 0 Å². The van der Waals surface area contributed by atoms with E-state index in [0.717, 1.165) is 23.7 Å². The molecule has 0 aliphatic heterocycles. The summed E-state index contributed by atoms with van der Waals surface area (Å²) in [6.07, 6.45) is 3.81. The number of rotatable bonds is 1. The largest absolute Gasteiger partial charge is 0.363 e. The van der Waals surface area contributed by atoms with Crippen molar-refractivity contribution in [1.82, 2.24) is 5.16 Å². The summed E-state index contributed by atoms with van der Waals surface area (Å²) in [5, 5.41) is 4.95. The van der Waals surface area contributed by atoms with Crippen molar-refractivity contribution in [2.75, 3.05) is 0 Å². The molecule has 0 radical (unpaired) electrons. The van der Waals surface area contributed by atoms with Crippen LogP contribution in [0.3, 0.4) is 0 Å². The molecule has 2 N–H and O–H groups in total. The molecule has 3 rings (SSSR count). The molecule has 1 aromatic heterocycles. The van der Waals surface area contributed by atoms with Gasteiger partial charge in [-0.05, 0) is 24.5 Å². The topological polar surface area (TPSA) is 52.0 Å². The van der Waals surface area contributed by atoms with Crippen LogP contribution in [0.2, 0.25) is 0 Å². The highest BCUT2D eigenvalue weighted by Crippen LogP contribution is 2.45. The molecule has 0 bridgehead atoms. The zero-order valence-corrected chi connectivity index (χ0v) is 7.16. The van der Waals surface area contributed by atoms with Crippen LogP contribution in [0.25, 0.3) is 10.9 Å². The highest BCUT2D eigenvalue weighted by Gasteiger charge is 2.41. The Morgan fingerprint density at radius 3 is 3.00 bits per heavy atom. The number of nitrogens with two attached hydrogens (primary N) is 1. The Balaban J connectivity index is 2.33. The smallest absolute Gasteiger partial charge is 0.132 e. The molecule has 0 unspecified atom stereocenters. The average Bonchev–Trinajstić information content (AvgIpc) is 2.72. The lowest BCUT2D eigenvalue weighted by Crippen LogP contribution is -2.18. The van der Waals surface area contributed by atoms with Crippen LogP contribution in [-0.4, -0.2) is 5.16 Å². The highest BCUT2D eigenvalue weighted by molar-refractivity contribution is 5.82. The number of aromatic nitrogens is 1. The molecule has 0 atom stereocenters. The van der Waals surface area contributed by atoms with E-state index in [2.05, 4.69) is 11.2 Å². The standard InChI is InChI=1S/C10H10N2O/c11-10(4-5-10)8-2-1-3-9-7(8)6-13-12-9/h1-3,6H,4-5,11H2. The number of benzene rings is 1. The van der Waals surface area contributed by atoms with Crippen LogP contribution in [-0.2, 0) is 5.54 Å². The average molecular weight is 174 g/mol. The summed E-state index contributed by atoms with van der Waals surface area (Å²) in [7, 11) is 0. The molecule has 1 aliphatic carbocycles. The van der Waals surface area contributed by atoms with Gasteiger partial charge in [0.25, 0.3) is 0 Å². The van der Waals surface area contributed by atoms with Crippen LogP contribution >= 0.6 is 0 Å². The van der Waals surface area contributed by atoms with Gasteiger partial charge in [-0.2, -0.15) is 0 Å². The number of hydrogen-bond acceptors (Lipinski definition) is 3. The maximum atomic E-state index is 6.12. The van der Waals surface area contributed by atoms with Gasteiger partial charge in [-0.15, -0.1) is 0 Å². The summed E-state index contributed by atoms with van der Waals surface area (Å²) >= 11 is 0. The van der Waals surface area contributed by atoms with Gasteiger partial charge in [0.05, 0.1) is 0 Å². The molecule has 13 heavy (non-hydrogen) atoms. The van der Waals surface area contributed by atoms with E-state index in [1.165, 1.54) is 5.56 Å². The summed E-state index contributed by atoms with van der Waals surface area (Å²) in [4.78, 5) is 0. The first-order valence-electron chi connectivity index (χ1n) is 4.42.